The summed E-state index contributed by atoms with van der Waals surface area (Å²) in [4.78, 5) is 54.0. The van der Waals surface area contributed by atoms with Crippen LogP contribution in [-0.2, 0) is 9.59 Å². The molecule has 0 aliphatic rings. The summed E-state index contributed by atoms with van der Waals surface area (Å²) in [6.07, 6.45) is 8.11. The highest BCUT2D eigenvalue weighted by molar-refractivity contribution is 5.32. The SMILES string of the molecule is O=C=NCCCCC#Cn1c(=O)nc(NCCCCCCN=C=O)oc1=O. The number of rotatable bonds is 12. The molecule has 0 aromatic carbocycles. The van der Waals surface area contributed by atoms with Crippen LogP contribution in [0.3, 0.4) is 0 Å². The van der Waals surface area contributed by atoms with Gasteiger partial charge in [-0.2, -0.15) is 0 Å². The molecule has 0 saturated carbocycles. The van der Waals surface area contributed by atoms with Crippen LogP contribution in [-0.4, -0.2) is 41.3 Å². The summed E-state index contributed by atoms with van der Waals surface area (Å²) in [6, 6.07) is 2.27. The molecule has 0 radical (unpaired) electrons. The first-order valence-corrected chi connectivity index (χ1v) is 8.63. The molecule has 144 valence electrons. The molecule has 0 fully saturated rings. The molecule has 10 heteroatoms. The quantitative estimate of drug-likeness (QED) is 0.247. The molecular weight excluding hydrogens is 354 g/mol. The van der Waals surface area contributed by atoms with Crippen molar-refractivity contribution in [2.75, 3.05) is 25.0 Å². The van der Waals surface area contributed by atoms with Gasteiger partial charge in [0.1, 0.15) is 0 Å². The van der Waals surface area contributed by atoms with E-state index in [0.29, 0.717) is 43.5 Å². The van der Waals surface area contributed by atoms with Crippen LogP contribution in [0.5, 0.6) is 0 Å². The van der Waals surface area contributed by atoms with Crippen molar-refractivity contribution in [3.63, 3.8) is 0 Å². The van der Waals surface area contributed by atoms with Crippen molar-refractivity contribution in [1.29, 1.82) is 0 Å². The molecule has 0 spiro atoms. The Morgan fingerprint density at radius 2 is 1.63 bits per heavy atom. The summed E-state index contributed by atoms with van der Waals surface area (Å²) in [5.74, 6) is 1.78. The minimum absolute atomic E-state index is 0.139. The van der Waals surface area contributed by atoms with Crippen LogP contribution in [0, 0.1) is 12.0 Å². The van der Waals surface area contributed by atoms with Crippen LogP contribution in [0.4, 0.5) is 6.01 Å². The summed E-state index contributed by atoms with van der Waals surface area (Å²) in [5, 5.41) is 2.78. The lowest BCUT2D eigenvalue weighted by atomic mass is 10.2. The summed E-state index contributed by atoms with van der Waals surface area (Å²) in [6.45, 7) is 1.34. The fourth-order valence-electron chi connectivity index (χ4n) is 2.03. The van der Waals surface area contributed by atoms with Gasteiger partial charge >= 0.3 is 17.5 Å². The third-order valence-corrected chi connectivity index (χ3v) is 3.37. The molecule has 1 aromatic rings. The van der Waals surface area contributed by atoms with Crippen LogP contribution >= 0.6 is 0 Å². The number of aromatic nitrogens is 2. The fourth-order valence-corrected chi connectivity index (χ4v) is 2.03. The molecule has 0 amide bonds. The molecule has 0 atom stereocenters. The predicted molar refractivity (Wildman–Crippen MR) is 97.0 cm³/mol. The second-order valence-corrected chi connectivity index (χ2v) is 5.44. The number of aliphatic imine (C=N–C) groups is 2. The van der Waals surface area contributed by atoms with E-state index in [2.05, 4.69) is 32.3 Å². The van der Waals surface area contributed by atoms with Gasteiger partial charge < -0.3 is 9.73 Å². The monoisotopic (exact) mass is 375 g/mol. The lowest BCUT2D eigenvalue weighted by molar-refractivity contribution is 0.450. The van der Waals surface area contributed by atoms with E-state index in [0.717, 1.165) is 25.7 Å². The third kappa shape index (κ3) is 9.70. The number of isocyanates is 2. The van der Waals surface area contributed by atoms with E-state index in [1.807, 2.05) is 0 Å². The molecular formula is C17H21N5O5. The van der Waals surface area contributed by atoms with Crippen LogP contribution < -0.4 is 16.8 Å². The number of carbonyl (C=O) groups excluding carboxylic acids is 2. The van der Waals surface area contributed by atoms with Gasteiger partial charge in [-0.1, -0.05) is 18.8 Å². The Labute approximate surface area is 155 Å². The Hall–Kier alpha value is -3.27. The van der Waals surface area contributed by atoms with Crippen LogP contribution in [0.2, 0.25) is 0 Å². The van der Waals surface area contributed by atoms with Crippen LogP contribution in [0.15, 0.2) is 24.0 Å². The lowest BCUT2D eigenvalue weighted by Crippen LogP contribution is -2.32. The first-order chi connectivity index (χ1) is 13.2. The van der Waals surface area contributed by atoms with Crippen molar-refractivity contribution >= 4 is 18.2 Å². The molecule has 0 bridgehead atoms. The predicted octanol–water partition coefficient (Wildman–Crippen LogP) is 0.820. The normalized spacial score (nSPS) is 9.48. The fraction of sp³-hybridized carbons (Fsp3) is 0.588. The first-order valence-electron chi connectivity index (χ1n) is 8.63. The van der Waals surface area contributed by atoms with Crippen molar-refractivity contribution in [2.24, 2.45) is 9.98 Å². The van der Waals surface area contributed by atoms with Gasteiger partial charge in [0.05, 0.1) is 13.1 Å². The van der Waals surface area contributed by atoms with Crippen molar-refractivity contribution < 1.29 is 14.0 Å². The minimum atomic E-state index is -0.901. The molecule has 0 unspecified atom stereocenters. The number of nitrogens with one attached hydrogen (secondary N) is 1. The second kappa shape index (κ2) is 14.0. The molecule has 1 N–H and O–H groups in total. The smallest absolute Gasteiger partial charge is 0.374 e. The van der Waals surface area contributed by atoms with Gasteiger partial charge in [0.2, 0.25) is 12.2 Å². The number of nitrogens with zero attached hydrogens (tertiary/aromatic N) is 4. The molecule has 1 rings (SSSR count). The molecule has 27 heavy (non-hydrogen) atoms. The van der Waals surface area contributed by atoms with E-state index < -0.39 is 11.4 Å². The Bertz CT molecular complexity index is 820. The van der Waals surface area contributed by atoms with Gasteiger partial charge in [-0.3, -0.25) is 0 Å². The van der Waals surface area contributed by atoms with E-state index in [1.165, 1.54) is 12.2 Å². The van der Waals surface area contributed by atoms with E-state index in [9.17, 15) is 19.2 Å². The van der Waals surface area contributed by atoms with Crippen LogP contribution in [0.1, 0.15) is 44.9 Å². The van der Waals surface area contributed by atoms with E-state index >= 15 is 0 Å². The highest BCUT2D eigenvalue weighted by Gasteiger charge is 2.06. The van der Waals surface area contributed by atoms with Gasteiger partial charge in [0.25, 0.3) is 0 Å². The number of unbranched alkanes of at least 4 members (excludes halogenated alkanes) is 5. The Morgan fingerprint density at radius 1 is 0.963 bits per heavy atom. The van der Waals surface area contributed by atoms with Crippen molar-refractivity contribution in [1.82, 2.24) is 9.55 Å². The van der Waals surface area contributed by atoms with Crippen molar-refractivity contribution in [2.45, 2.75) is 44.9 Å². The Kier molecular flexibility index (Phi) is 11.3. The summed E-state index contributed by atoms with van der Waals surface area (Å²) < 4.78 is 5.54. The van der Waals surface area contributed by atoms with Crippen LogP contribution in [0.25, 0.3) is 0 Å². The topological polar surface area (TPSA) is 136 Å². The highest BCUT2D eigenvalue weighted by Crippen LogP contribution is 2.01. The maximum atomic E-state index is 11.9. The highest BCUT2D eigenvalue weighted by atomic mass is 16.4. The van der Waals surface area contributed by atoms with Crippen molar-refractivity contribution in [3.05, 3.63) is 21.0 Å². The maximum absolute atomic E-state index is 11.9. The number of anilines is 1. The lowest BCUT2D eigenvalue weighted by Gasteiger charge is -2.03. The number of hydrogen-bond acceptors (Lipinski definition) is 9. The van der Waals surface area contributed by atoms with E-state index in [1.54, 1.807) is 0 Å². The van der Waals surface area contributed by atoms with Crippen molar-refractivity contribution in [3.8, 4) is 12.0 Å². The maximum Gasteiger partial charge on any atom is 0.438 e. The average Bonchev–Trinajstić information content (AvgIpc) is 2.65. The Morgan fingerprint density at radius 3 is 2.30 bits per heavy atom. The minimum Gasteiger partial charge on any atom is -0.374 e. The molecule has 0 saturated heterocycles. The summed E-state index contributed by atoms with van der Waals surface area (Å²) in [7, 11) is 0. The molecule has 10 nitrogen and oxygen atoms in total. The molecule has 0 aliphatic heterocycles. The van der Waals surface area contributed by atoms with Gasteiger partial charge in [0, 0.05) is 19.0 Å². The second-order valence-electron chi connectivity index (χ2n) is 5.44. The van der Waals surface area contributed by atoms with Gasteiger partial charge in [-0.15, -0.1) is 9.55 Å². The standard InChI is InChI=1S/C17H21N5O5/c23-13-18-9-5-1-2-7-11-20-15-21-16(25)22(17(26)27-15)12-8-4-3-6-10-19-14-24/h1-7,9-11H2,(H,20,21,25). The van der Waals surface area contributed by atoms with Gasteiger partial charge in [0.15, 0.2) is 0 Å². The zero-order valence-corrected chi connectivity index (χ0v) is 14.9. The van der Waals surface area contributed by atoms with Gasteiger partial charge in [-0.25, -0.2) is 29.2 Å². The largest absolute Gasteiger partial charge is 0.438 e. The average molecular weight is 375 g/mol. The van der Waals surface area contributed by atoms with Gasteiger partial charge in [-0.05, 0) is 25.7 Å². The van der Waals surface area contributed by atoms with E-state index in [-0.39, 0.29) is 6.01 Å². The summed E-state index contributed by atoms with van der Waals surface area (Å²) in [5.41, 5.74) is -0.807. The number of hydrogen-bond donors (Lipinski definition) is 1. The zero-order chi connectivity index (χ0) is 19.7. The first kappa shape index (κ1) is 21.8. The zero-order valence-electron chi connectivity index (χ0n) is 14.9. The third-order valence-electron chi connectivity index (χ3n) is 3.37. The Balaban J connectivity index is 2.42. The molecule has 0 aliphatic carbocycles. The summed E-state index contributed by atoms with van der Waals surface area (Å²) >= 11 is 0. The molecule has 1 heterocycles. The molecule has 1 aromatic heterocycles. The van der Waals surface area contributed by atoms with E-state index in [4.69, 9.17) is 4.42 Å².